The Bertz CT molecular complexity index is 488. The van der Waals surface area contributed by atoms with Gasteiger partial charge in [-0.05, 0) is 43.7 Å². The Kier molecular flexibility index (Phi) is 5.12. The SMILES string of the molecule is O=C(NCCc1ccccc1OC(F)F)C1(O)CCCC1. The quantitative estimate of drug-likeness (QED) is 0.847. The summed E-state index contributed by atoms with van der Waals surface area (Å²) in [6.07, 6.45) is 3.00. The van der Waals surface area contributed by atoms with Crippen LogP contribution in [0.3, 0.4) is 0 Å². The summed E-state index contributed by atoms with van der Waals surface area (Å²) in [6.45, 7) is -2.61. The first-order valence-corrected chi connectivity index (χ1v) is 7.05. The van der Waals surface area contributed by atoms with Crippen molar-refractivity contribution in [2.24, 2.45) is 0 Å². The molecule has 6 heteroatoms. The van der Waals surface area contributed by atoms with Gasteiger partial charge in [0.05, 0.1) is 0 Å². The maximum absolute atomic E-state index is 12.3. The van der Waals surface area contributed by atoms with E-state index >= 15 is 0 Å². The molecule has 0 aromatic heterocycles. The van der Waals surface area contributed by atoms with Crippen molar-refractivity contribution in [1.29, 1.82) is 0 Å². The molecule has 0 atom stereocenters. The molecular formula is C15H19F2NO3. The second-order valence-corrected chi connectivity index (χ2v) is 5.23. The summed E-state index contributed by atoms with van der Waals surface area (Å²) in [5.74, 6) is -0.270. The van der Waals surface area contributed by atoms with Gasteiger partial charge < -0.3 is 15.2 Å². The number of nitrogens with one attached hydrogen (secondary N) is 1. The number of carbonyl (C=O) groups is 1. The molecular weight excluding hydrogens is 280 g/mol. The van der Waals surface area contributed by atoms with Crippen molar-refractivity contribution in [3.8, 4) is 5.75 Å². The molecule has 2 rings (SSSR count). The van der Waals surface area contributed by atoms with Crippen LogP contribution in [0.25, 0.3) is 0 Å². The van der Waals surface area contributed by atoms with Crippen molar-refractivity contribution >= 4 is 5.91 Å². The highest BCUT2D eigenvalue weighted by Gasteiger charge is 2.38. The van der Waals surface area contributed by atoms with Crippen LogP contribution in [-0.4, -0.2) is 29.8 Å². The largest absolute Gasteiger partial charge is 0.435 e. The summed E-state index contributed by atoms with van der Waals surface area (Å²) >= 11 is 0. The Morgan fingerprint density at radius 1 is 1.33 bits per heavy atom. The maximum Gasteiger partial charge on any atom is 0.387 e. The van der Waals surface area contributed by atoms with E-state index in [9.17, 15) is 18.7 Å². The van der Waals surface area contributed by atoms with Crippen LogP contribution in [-0.2, 0) is 11.2 Å². The van der Waals surface area contributed by atoms with E-state index in [0.29, 0.717) is 24.8 Å². The van der Waals surface area contributed by atoms with E-state index in [0.717, 1.165) is 12.8 Å². The van der Waals surface area contributed by atoms with Gasteiger partial charge in [0.2, 0.25) is 0 Å². The van der Waals surface area contributed by atoms with Gasteiger partial charge in [0, 0.05) is 6.54 Å². The summed E-state index contributed by atoms with van der Waals surface area (Å²) in [7, 11) is 0. The van der Waals surface area contributed by atoms with Gasteiger partial charge in [-0.2, -0.15) is 8.78 Å². The zero-order valence-corrected chi connectivity index (χ0v) is 11.6. The van der Waals surface area contributed by atoms with E-state index in [1.807, 2.05) is 0 Å². The molecule has 2 N–H and O–H groups in total. The molecule has 21 heavy (non-hydrogen) atoms. The molecule has 1 aromatic carbocycles. The Labute approximate surface area is 122 Å². The van der Waals surface area contributed by atoms with Crippen LogP contribution in [0.15, 0.2) is 24.3 Å². The summed E-state index contributed by atoms with van der Waals surface area (Å²) in [5, 5.41) is 12.8. The third kappa shape index (κ3) is 4.14. The van der Waals surface area contributed by atoms with Crippen LogP contribution >= 0.6 is 0 Å². The van der Waals surface area contributed by atoms with Crippen LogP contribution in [0.5, 0.6) is 5.75 Å². The van der Waals surface area contributed by atoms with Crippen LogP contribution < -0.4 is 10.1 Å². The highest BCUT2D eigenvalue weighted by molar-refractivity contribution is 5.85. The van der Waals surface area contributed by atoms with Gasteiger partial charge in [0.15, 0.2) is 0 Å². The van der Waals surface area contributed by atoms with Crippen molar-refractivity contribution in [3.63, 3.8) is 0 Å². The van der Waals surface area contributed by atoms with Crippen LogP contribution in [0.1, 0.15) is 31.2 Å². The fraction of sp³-hybridized carbons (Fsp3) is 0.533. The van der Waals surface area contributed by atoms with Crippen molar-refractivity contribution in [3.05, 3.63) is 29.8 Å². The summed E-state index contributed by atoms with van der Waals surface area (Å²) in [4.78, 5) is 11.9. The molecule has 116 valence electrons. The van der Waals surface area contributed by atoms with E-state index in [-0.39, 0.29) is 18.2 Å². The highest BCUT2D eigenvalue weighted by Crippen LogP contribution is 2.29. The first-order valence-electron chi connectivity index (χ1n) is 7.05. The molecule has 0 aliphatic heterocycles. The lowest BCUT2D eigenvalue weighted by atomic mass is 10.0. The number of benzene rings is 1. The van der Waals surface area contributed by atoms with Gasteiger partial charge in [-0.1, -0.05) is 18.2 Å². The van der Waals surface area contributed by atoms with Gasteiger partial charge in [-0.25, -0.2) is 0 Å². The highest BCUT2D eigenvalue weighted by atomic mass is 19.3. The summed E-state index contributed by atoms with van der Waals surface area (Å²) < 4.78 is 29.0. The molecule has 1 fully saturated rings. The first kappa shape index (κ1) is 15.7. The number of amides is 1. The molecule has 0 unspecified atom stereocenters. The number of carbonyl (C=O) groups excluding carboxylic acids is 1. The predicted molar refractivity (Wildman–Crippen MR) is 73.2 cm³/mol. The van der Waals surface area contributed by atoms with Crippen molar-refractivity contribution in [2.45, 2.75) is 44.3 Å². The van der Waals surface area contributed by atoms with Crippen LogP contribution in [0.2, 0.25) is 0 Å². The standard InChI is InChI=1S/C15H19F2NO3/c16-14(17)21-12-6-2-1-5-11(12)7-10-18-13(19)15(20)8-3-4-9-15/h1-2,5-6,14,20H,3-4,7-10H2,(H,18,19). The second-order valence-electron chi connectivity index (χ2n) is 5.23. The number of ether oxygens (including phenoxy) is 1. The predicted octanol–water partition coefficient (Wildman–Crippen LogP) is 2.25. The van der Waals surface area contributed by atoms with E-state index in [2.05, 4.69) is 10.1 Å². The zero-order chi connectivity index (χ0) is 15.3. The lowest BCUT2D eigenvalue weighted by molar-refractivity contribution is -0.139. The minimum atomic E-state index is -2.88. The number of hydrogen-bond acceptors (Lipinski definition) is 3. The van der Waals surface area contributed by atoms with Crippen molar-refractivity contribution in [1.82, 2.24) is 5.32 Å². The van der Waals surface area contributed by atoms with Gasteiger partial charge in [0.1, 0.15) is 11.4 Å². The summed E-state index contributed by atoms with van der Waals surface area (Å²) in [5.41, 5.74) is -0.671. The average Bonchev–Trinajstić information content (AvgIpc) is 2.88. The topological polar surface area (TPSA) is 58.6 Å². The summed E-state index contributed by atoms with van der Waals surface area (Å²) in [6, 6.07) is 6.48. The number of para-hydroxylation sites is 1. The minimum absolute atomic E-state index is 0.112. The number of alkyl halides is 2. The molecule has 1 aliphatic rings. The fourth-order valence-electron chi connectivity index (χ4n) is 2.58. The maximum atomic E-state index is 12.3. The molecule has 0 heterocycles. The average molecular weight is 299 g/mol. The van der Waals surface area contributed by atoms with E-state index in [4.69, 9.17) is 0 Å². The normalized spacial score (nSPS) is 17.0. The molecule has 0 bridgehead atoms. The second kappa shape index (κ2) is 6.85. The Balaban J connectivity index is 1.87. The number of rotatable bonds is 6. The molecule has 1 aliphatic carbocycles. The third-order valence-electron chi connectivity index (χ3n) is 3.72. The van der Waals surface area contributed by atoms with E-state index < -0.39 is 12.2 Å². The van der Waals surface area contributed by atoms with Gasteiger partial charge in [-0.3, -0.25) is 4.79 Å². The molecule has 4 nitrogen and oxygen atoms in total. The van der Waals surface area contributed by atoms with E-state index in [1.54, 1.807) is 18.2 Å². The molecule has 0 spiro atoms. The minimum Gasteiger partial charge on any atom is -0.435 e. The molecule has 0 radical (unpaired) electrons. The zero-order valence-electron chi connectivity index (χ0n) is 11.6. The van der Waals surface area contributed by atoms with E-state index in [1.165, 1.54) is 6.07 Å². The Morgan fingerprint density at radius 3 is 2.67 bits per heavy atom. The van der Waals surface area contributed by atoms with Gasteiger partial charge in [-0.15, -0.1) is 0 Å². The van der Waals surface area contributed by atoms with Crippen molar-refractivity contribution < 1.29 is 23.4 Å². The number of hydrogen-bond donors (Lipinski definition) is 2. The number of aliphatic hydroxyl groups is 1. The lowest BCUT2D eigenvalue weighted by Crippen LogP contribution is -2.45. The fourth-order valence-corrected chi connectivity index (χ4v) is 2.58. The third-order valence-corrected chi connectivity index (χ3v) is 3.72. The molecule has 1 aromatic rings. The van der Waals surface area contributed by atoms with Gasteiger partial charge >= 0.3 is 6.61 Å². The molecule has 0 saturated heterocycles. The monoisotopic (exact) mass is 299 g/mol. The lowest BCUT2D eigenvalue weighted by Gasteiger charge is -2.21. The Hall–Kier alpha value is -1.69. The van der Waals surface area contributed by atoms with Gasteiger partial charge in [0.25, 0.3) is 5.91 Å². The van der Waals surface area contributed by atoms with Crippen LogP contribution in [0, 0.1) is 0 Å². The molecule has 1 amide bonds. The Morgan fingerprint density at radius 2 is 2.00 bits per heavy atom. The number of halogens is 2. The molecule has 1 saturated carbocycles. The smallest absolute Gasteiger partial charge is 0.387 e. The van der Waals surface area contributed by atoms with Crippen molar-refractivity contribution in [2.75, 3.05) is 6.54 Å². The van der Waals surface area contributed by atoms with Crippen LogP contribution in [0.4, 0.5) is 8.78 Å². The first-order chi connectivity index (χ1) is 10.0.